The standard InChI is InChI=1S/C25H26N6O3.C24H24N6O2.C23H22N6O2/c1-30(21(32)9-6-16-33-2)14-15-31-25-22(24(26)27-17-28-25)23(29-31)18-10-12-20(13-11-18)34-19-7-4-3-5-8-19;1-3-7-20(31)29(2)14-15-30-24-21(23(25)26-16-27-24)22(28-30)17-10-12-19(13-11-17)32-18-8-5-4-6-9-18;1-2-6-19(30)25-13-14-29-23-20(22(24)26-15-27-23)21(28-29)16-9-11-18(12-10-16)31-17-7-4-3-5-8-17/h3-13,17H,14-16H2,1-2H3,(H2,26,27,28);3-13,16H,14-15H2,1-2H3,(H2,25,26,27);2-12,15H,13-14H2,1H3,(H,25,30)(H2,24,26,27)/b9-6+;7-3+;6-2+. The summed E-state index contributed by atoms with van der Waals surface area (Å²) in [5.41, 5.74) is 25.0. The molecule has 3 amide bonds. The number of fused-ring (bicyclic) bond motifs is 3. The van der Waals surface area contributed by atoms with Crippen LogP contribution in [0.15, 0.2) is 219 Å². The third-order valence-corrected chi connectivity index (χ3v) is 14.8. The van der Waals surface area contributed by atoms with Gasteiger partial charge in [-0.15, -0.1) is 0 Å². The van der Waals surface area contributed by atoms with Crippen molar-refractivity contribution in [1.82, 2.24) is 74.4 Å². The van der Waals surface area contributed by atoms with Gasteiger partial charge in [0, 0.05) is 63.6 Å². The summed E-state index contributed by atoms with van der Waals surface area (Å²) in [7, 11) is 5.07. The van der Waals surface area contributed by atoms with Gasteiger partial charge in [0.15, 0.2) is 16.9 Å². The zero-order chi connectivity index (χ0) is 68.0. The predicted molar refractivity (Wildman–Crippen MR) is 374 cm³/mol. The Labute approximate surface area is 559 Å². The number of nitrogens with two attached hydrogens (primary N) is 3. The van der Waals surface area contributed by atoms with Gasteiger partial charge in [-0.25, -0.2) is 43.9 Å². The lowest BCUT2D eigenvalue weighted by atomic mass is 10.1. The number of rotatable bonds is 23. The minimum atomic E-state index is -0.151. The molecule has 0 unspecified atom stereocenters. The topological polar surface area (TPSA) is 315 Å². The lowest BCUT2D eigenvalue weighted by Crippen LogP contribution is -2.29. The quantitative estimate of drug-likeness (QED) is 0.0432. The van der Waals surface area contributed by atoms with E-state index in [4.69, 9.17) is 51.4 Å². The first kappa shape index (κ1) is 67.3. The van der Waals surface area contributed by atoms with Gasteiger partial charge in [0.1, 0.15) is 88.0 Å². The van der Waals surface area contributed by atoms with Crippen molar-refractivity contribution in [1.29, 1.82) is 0 Å². The van der Waals surface area contributed by atoms with E-state index in [-0.39, 0.29) is 17.7 Å². The van der Waals surface area contributed by atoms with Crippen molar-refractivity contribution in [2.24, 2.45) is 0 Å². The summed E-state index contributed by atoms with van der Waals surface area (Å²) in [6, 6.07) is 51.6. The fourth-order valence-corrected chi connectivity index (χ4v) is 9.93. The molecule has 6 heterocycles. The van der Waals surface area contributed by atoms with Crippen molar-refractivity contribution < 1.29 is 33.3 Å². The number of hydrogen-bond donors (Lipinski definition) is 4. The Morgan fingerprint density at radius 1 is 0.443 bits per heavy atom. The van der Waals surface area contributed by atoms with Crippen LogP contribution in [-0.2, 0) is 38.8 Å². The van der Waals surface area contributed by atoms with E-state index in [9.17, 15) is 14.4 Å². The van der Waals surface area contributed by atoms with E-state index in [1.807, 2.05) is 171 Å². The van der Waals surface area contributed by atoms with Gasteiger partial charge < -0.3 is 51.3 Å². The summed E-state index contributed by atoms with van der Waals surface area (Å²) < 4.78 is 27.8. The molecule has 6 aromatic carbocycles. The van der Waals surface area contributed by atoms with Crippen molar-refractivity contribution in [2.75, 3.05) is 64.6 Å². The van der Waals surface area contributed by atoms with Crippen molar-refractivity contribution >= 4 is 68.3 Å². The molecule has 12 aromatic rings. The second-order valence-electron chi connectivity index (χ2n) is 21.6. The number of carbonyl (C=O) groups is 3. The molecular formula is C72H72N18O7. The van der Waals surface area contributed by atoms with Gasteiger partial charge in [0.2, 0.25) is 17.7 Å². The van der Waals surface area contributed by atoms with Gasteiger partial charge in [-0.05, 0) is 135 Å². The number of ether oxygens (including phenoxy) is 4. The maximum atomic E-state index is 12.2. The van der Waals surface area contributed by atoms with E-state index >= 15 is 0 Å². The number of nitrogens with one attached hydrogen (secondary N) is 1. The molecule has 0 saturated heterocycles. The predicted octanol–water partition coefficient (Wildman–Crippen LogP) is 11.0. The highest BCUT2D eigenvalue weighted by Crippen LogP contribution is 2.35. The zero-order valence-corrected chi connectivity index (χ0v) is 54.1. The van der Waals surface area contributed by atoms with Crippen molar-refractivity contribution in [3.05, 3.63) is 219 Å². The highest BCUT2D eigenvalue weighted by atomic mass is 16.5. The zero-order valence-electron chi connectivity index (χ0n) is 54.1. The summed E-state index contributed by atoms with van der Waals surface area (Å²) in [6.45, 7) is 6.70. The highest BCUT2D eigenvalue weighted by Gasteiger charge is 2.21. The summed E-state index contributed by atoms with van der Waals surface area (Å²) in [5, 5.41) is 19.1. The van der Waals surface area contributed by atoms with Crippen molar-refractivity contribution in [2.45, 2.75) is 33.5 Å². The van der Waals surface area contributed by atoms with Crippen LogP contribution >= 0.6 is 0 Å². The monoisotopic (exact) mass is 1300 g/mol. The van der Waals surface area contributed by atoms with Crippen molar-refractivity contribution in [3.8, 4) is 68.3 Å². The number of aromatic nitrogens is 12. The van der Waals surface area contributed by atoms with Gasteiger partial charge in [-0.1, -0.05) is 72.8 Å². The normalized spacial score (nSPS) is 11.2. The molecule has 0 radical (unpaired) electrons. The first-order valence-corrected chi connectivity index (χ1v) is 30.9. The van der Waals surface area contributed by atoms with Crippen LogP contribution in [0.1, 0.15) is 13.8 Å². The Bertz CT molecular complexity index is 4700. The number of nitrogen functional groups attached to an aromatic ring is 3. The van der Waals surface area contributed by atoms with E-state index < -0.39 is 0 Å². The van der Waals surface area contributed by atoms with E-state index in [1.54, 1.807) is 70.2 Å². The molecule has 492 valence electrons. The van der Waals surface area contributed by atoms with Gasteiger partial charge >= 0.3 is 0 Å². The fraction of sp³-hybridized carbons (Fsp3) is 0.167. The smallest absolute Gasteiger partial charge is 0.246 e. The Kier molecular flexibility index (Phi) is 22.7. The SMILES string of the molecule is C/C=C/C(=O)N(C)CCn1nc(-c2ccc(Oc3ccccc3)cc2)c2c(N)ncnc21.C/C=C/C(=O)NCCn1nc(-c2ccc(Oc3ccccc3)cc2)c2c(N)ncnc21.COC/C=C/C(=O)N(C)CCn1nc(-c2ccc(Oc3ccccc3)cc2)c2c(N)ncnc21. The average Bonchev–Trinajstić information content (AvgIpc) is 1.65. The number of likely N-dealkylation sites (N-methyl/N-ethyl adjacent to an activating group) is 2. The molecule has 0 fully saturated rings. The molecule has 0 saturated carbocycles. The highest BCUT2D eigenvalue weighted by molar-refractivity contribution is 6.00. The molecule has 97 heavy (non-hydrogen) atoms. The van der Waals surface area contributed by atoms with Gasteiger partial charge in [0.05, 0.1) is 42.4 Å². The third-order valence-electron chi connectivity index (χ3n) is 14.8. The van der Waals surface area contributed by atoms with Crippen LogP contribution in [0.5, 0.6) is 34.5 Å². The first-order chi connectivity index (χ1) is 47.3. The molecule has 6 aromatic heterocycles. The van der Waals surface area contributed by atoms with Crippen LogP contribution < -0.4 is 36.7 Å². The molecule has 0 aliphatic rings. The maximum absolute atomic E-state index is 12.2. The molecule has 0 atom stereocenters. The van der Waals surface area contributed by atoms with Crippen LogP contribution in [0.25, 0.3) is 66.9 Å². The minimum absolute atomic E-state index is 0.0627. The second-order valence-corrected chi connectivity index (χ2v) is 21.6. The lowest BCUT2D eigenvalue weighted by molar-refractivity contribution is -0.125. The number of allylic oxidation sites excluding steroid dienone is 2. The molecule has 0 aliphatic heterocycles. The van der Waals surface area contributed by atoms with E-state index in [0.717, 1.165) is 45.4 Å². The number of nitrogens with zero attached hydrogens (tertiary/aromatic N) is 14. The van der Waals surface area contributed by atoms with Gasteiger partial charge in [0.25, 0.3) is 0 Å². The number of para-hydroxylation sites is 3. The lowest BCUT2D eigenvalue weighted by Gasteiger charge is -2.15. The second kappa shape index (κ2) is 32.8. The number of carbonyl (C=O) groups excluding carboxylic acids is 3. The molecule has 0 aliphatic carbocycles. The van der Waals surface area contributed by atoms with Crippen LogP contribution in [0.3, 0.4) is 0 Å². The van der Waals surface area contributed by atoms with Gasteiger partial charge in [-0.2, -0.15) is 15.3 Å². The van der Waals surface area contributed by atoms with E-state index in [1.165, 1.54) is 37.2 Å². The fourth-order valence-electron chi connectivity index (χ4n) is 9.93. The number of methoxy groups -OCH3 is 1. The average molecular weight is 1300 g/mol. The van der Waals surface area contributed by atoms with Crippen LogP contribution in [0, 0.1) is 0 Å². The third kappa shape index (κ3) is 17.3. The molecule has 0 bridgehead atoms. The van der Waals surface area contributed by atoms with Crippen LogP contribution in [0.4, 0.5) is 17.5 Å². The molecule has 25 nitrogen and oxygen atoms in total. The largest absolute Gasteiger partial charge is 0.457 e. The number of benzene rings is 6. The van der Waals surface area contributed by atoms with Crippen LogP contribution in [0.2, 0.25) is 0 Å². The molecule has 7 N–H and O–H groups in total. The summed E-state index contributed by atoms with van der Waals surface area (Å²) in [4.78, 5) is 64.7. The number of amides is 3. The molecular weight excluding hydrogens is 1230 g/mol. The molecule has 12 rings (SSSR count). The Morgan fingerprint density at radius 2 is 0.773 bits per heavy atom. The maximum Gasteiger partial charge on any atom is 0.246 e. The summed E-state index contributed by atoms with van der Waals surface area (Å²) >= 11 is 0. The van der Waals surface area contributed by atoms with E-state index in [2.05, 4.69) is 35.2 Å². The molecule has 0 spiro atoms. The number of hydrogen-bond acceptors (Lipinski definition) is 19. The minimum Gasteiger partial charge on any atom is -0.457 e. The van der Waals surface area contributed by atoms with E-state index in [0.29, 0.717) is 119 Å². The van der Waals surface area contributed by atoms with Gasteiger partial charge in [-0.3, -0.25) is 14.4 Å². The molecule has 25 heteroatoms. The Balaban J connectivity index is 0.000000158. The Morgan fingerprint density at radius 3 is 1.11 bits per heavy atom. The summed E-state index contributed by atoms with van der Waals surface area (Å²) in [5.74, 6) is 5.18. The number of anilines is 3. The Hall–Kier alpha value is -12.6. The first-order valence-electron chi connectivity index (χ1n) is 30.9. The summed E-state index contributed by atoms with van der Waals surface area (Å²) in [6.07, 6.45) is 13.8. The van der Waals surface area contributed by atoms with Crippen molar-refractivity contribution in [3.63, 3.8) is 0 Å². The van der Waals surface area contributed by atoms with Crippen LogP contribution in [-0.4, -0.2) is 134 Å².